The van der Waals surface area contributed by atoms with Crippen molar-refractivity contribution in [2.45, 2.75) is 0 Å². The molecule has 4 heteroatoms. The van der Waals surface area contributed by atoms with Crippen molar-refractivity contribution in [3.63, 3.8) is 0 Å². The highest BCUT2D eigenvalue weighted by Gasteiger charge is 1.80. The van der Waals surface area contributed by atoms with Crippen LogP contribution in [0.1, 0.15) is 0 Å². The standard InChI is InChI=1S/C2H4O3.CH3F/c1-5-2(3)4;1-2/h1H3,(H,3,4);1H3. The summed E-state index contributed by atoms with van der Waals surface area (Å²) in [6.07, 6.45) is -1.25. The van der Waals surface area contributed by atoms with Gasteiger partial charge < -0.3 is 9.84 Å². The Morgan fingerprint density at radius 1 is 1.71 bits per heavy atom. The lowest BCUT2D eigenvalue weighted by Gasteiger charge is -1.79. The van der Waals surface area contributed by atoms with Gasteiger partial charge in [-0.1, -0.05) is 0 Å². The molecule has 7 heavy (non-hydrogen) atoms. The molecular formula is C3H7FO3. The van der Waals surface area contributed by atoms with Gasteiger partial charge in [0.25, 0.3) is 0 Å². The van der Waals surface area contributed by atoms with Gasteiger partial charge in [-0.2, -0.15) is 0 Å². The molecule has 1 N–H and O–H groups in total. The molecule has 0 aliphatic heterocycles. The fraction of sp³-hybridized carbons (Fsp3) is 0.667. The van der Waals surface area contributed by atoms with Crippen LogP contribution in [0.15, 0.2) is 0 Å². The smallest absolute Gasteiger partial charge is 0.450 e. The van der Waals surface area contributed by atoms with Crippen LogP contribution in [0.4, 0.5) is 9.18 Å². The Kier molecular flexibility index (Phi) is 12.2. The molecular weight excluding hydrogens is 103 g/mol. The lowest BCUT2D eigenvalue weighted by atomic mass is 11.4. The van der Waals surface area contributed by atoms with Crippen molar-refractivity contribution in [2.24, 2.45) is 0 Å². The van der Waals surface area contributed by atoms with Gasteiger partial charge in [-0.25, -0.2) is 4.79 Å². The summed E-state index contributed by atoms with van der Waals surface area (Å²) in [4.78, 5) is 9.15. The van der Waals surface area contributed by atoms with Crippen LogP contribution in [-0.2, 0) is 4.74 Å². The number of carbonyl (C=O) groups is 1. The van der Waals surface area contributed by atoms with Crippen molar-refractivity contribution in [1.82, 2.24) is 0 Å². The molecule has 0 atom stereocenters. The topological polar surface area (TPSA) is 46.5 Å². The minimum absolute atomic E-state index is 0.500. The molecule has 0 saturated carbocycles. The minimum Gasteiger partial charge on any atom is -0.450 e. The zero-order valence-corrected chi connectivity index (χ0v) is 4.14. The largest absolute Gasteiger partial charge is 0.505 e. The second-order valence-corrected chi connectivity index (χ2v) is 0.470. The number of rotatable bonds is 0. The Morgan fingerprint density at radius 3 is 1.86 bits per heavy atom. The number of hydrogen-bond donors (Lipinski definition) is 1. The fourth-order valence-electron chi connectivity index (χ4n) is 0. The molecule has 0 aliphatic carbocycles. The molecule has 0 aromatic rings. The maximum atomic E-state index is 9.50. The third-order valence-corrected chi connectivity index (χ3v) is 0.175. The maximum Gasteiger partial charge on any atom is 0.505 e. The van der Waals surface area contributed by atoms with Gasteiger partial charge in [-0.05, 0) is 0 Å². The number of halogens is 1. The second-order valence-electron chi connectivity index (χ2n) is 0.470. The molecule has 0 saturated heterocycles. The summed E-state index contributed by atoms with van der Waals surface area (Å²) in [7, 11) is 1.60. The predicted octanol–water partition coefficient (Wildman–Crippen LogP) is 0.897. The van der Waals surface area contributed by atoms with Gasteiger partial charge in [-0.15, -0.1) is 0 Å². The Labute approximate surface area is 40.7 Å². The van der Waals surface area contributed by atoms with E-state index in [-0.39, 0.29) is 0 Å². The van der Waals surface area contributed by atoms with Crippen LogP contribution >= 0.6 is 0 Å². The number of hydrogen-bond acceptors (Lipinski definition) is 2. The van der Waals surface area contributed by atoms with Crippen LogP contribution in [0, 0.1) is 0 Å². The third kappa shape index (κ3) is 37.0. The number of alkyl halides is 1. The van der Waals surface area contributed by atoms with Gasteiger partial charge in [0, 0.05) is 0 Å². The molecule has 0 aromatic heterocycles. The molecule has 0 spiro atoms. The first-order chi connectivity index (χ1) is 3.27. The normalized spacial score (nSPS) is 5.57. The van der Waals surface area contributed by atoms with Crippen molar-refractivity contribution in [2.75, 3.05) is 14.3 Å². The van der Waals surface area contributed by atoms with E-state index in [0.717, 1.165) is 7.11 Å². The third-order valence-electron chi connectivity index (χ3n) is 0.175. The molecule has 0 rings (SSSR count). The molecule has 0 radical (unpaired) electrons. The quantitative estimate of drug-likeness (QED) is 0.471. The van der Waals surface area contributed by atoms with Crippen LogP contribution in [0.5, 0.6) is 0 Å². The molecule has 0 fully saturated rings. The lowest BCUT2D eigenvalue weighted by Crippen LogP contribution is -1.91. The van der Waals surface area contributed by atoms with E-state index < -0.39 is 6.16 Å². The Balaban J connectivity index is 0. The van der Waals surface area contributed by atoms with Crippen LogP contribution in [0.3, 0.4) is 0 Å². The van der Waals surface area contributed by atoms with Gasteiger partial charge >= 0.3 is 6.16 Å². The molecule has 0 bridgehead atoms. The van der Waals surface area contributed by atoms with E-state index in [0.29, 0.717) is 7.18 Å². The molecule has 0 amide bonds. The molecule has 44 valence electrons. The van der Waals surface area contributed by atoms with Crippen molar-refractivity contribution in [1.29, 1.82) is 0 Å². The second kappa shape index (κ2) is 8.96. The van der Waals surface area contributed by atoms with Crippen LogP contribution < -0.4 is 0 Å². The minimum atomic E-state index is -1.25. The van der Waals surface area contributed by atoms with E-state index in [4.69, 9.17) is 9.90 Å². The summed E-state index contributed by atoms with van der Waals surface area (Å²) in [6, 6.07) is 0. The van der Waals surface area contributed by atoms with Crippen molar-refractivity contribution < 1.29 is 19.0 Å². The summed E-state index contributed by atoms with van der Waals surface area (Å²) < 4.78 is 13.2. The summed E-state index contributed by atoms with van der Waals surface area (Å²) in [5.74, 6) is 0. The highest BCUT2D eigenvalue weighted by Crippen LogP contribution is 1.60. The van der Waals surface area contributed by atoms with E-state index in [1.165, 1.54) is 0 Å². The van der Waals surface area contributed by atoms with E-state index in [2.05, 4.69) is 4.74 Å². The monoisotopic (exact) mass is 110 g/mol. The van der Waals surface area contributed by atoms with Crippen molar-refractivity contribution in [3.8, 4) is 0 Å². The first-order valence-corrected chi connectivity index (χ1v) is 1.42. The molecule has 3 nitrogen and oxygen atoms in total. The molecule has 0 unspecified atom stereocenters. The summed E-state index contributed by atoms with van der Waals surface area (Å²) in [5.41, 5.74) is 0. The molecule has 0 heterocycles. The predicted molar refractivity (Wildman–Crippen MR) is 22.1 cm³/mol. The van der Waals surface area contributed by atoms with Crippen molar-refractivity contribution >= 4 is 6.16 Å². The highest BCUT2D eigenvalue weighted by molar-refractivity contribution is 5.56. The van der Waals surface area contributed by atoms with Crippen LogP contribution in [0.2, 0.25) is 0 Å². The zero-order valence-electron chi connectivity index (χ0n) is 4.14. The first-order valence-electron chi connectivity index (χ1n) is 1.42. The van der Waals surface area contributed by atoms with E-state index >= 15 is 0 Å². The Morgan fingerprint density at radius 2 is 1.86 bits per heavy atom. The number of ether oxygens (including phenoxy) is 1. The summed E-state index contributed by atoms with van der Waals surface area (Å²) in [5, 5.41) is 7.50. The summed E-state index contributed by atoms with van der Waals surface area (Å²) >= 11 is 0. The lowest BCUT2D eigenvalue weighted by molar-refractivity contribution is 0.114. The first kappa shape index (κ1) is 9.50. The van der Waals surface area contributed by atoms with Gasteiger partial charge in [0.1, 0.15) is 0 Å². The average Bonchev–Trinajstić information content (AvgIpc) is 1.73. The van der Waals surface area contributed by atoms with E-state index in [9.17, 15) is 4.39 Å². The van der Waals surface area contributed by atoms with Crippen LogP contribution in [-0.4, -0.2) is 25.5 Å². The van der Waals surface area contributed by atoms with Crippen LogP contribution in [0.25, 0.3) is 0 Å². The van der Waals surface area contributed by atoms with E-state index in [1.807, 2.05) is 0 Å². The molecule has 0 aromatic carbocycles. The SMILES string of the molecule is CF.COC(=O)O. The summed E-state index contributed by atoms with van der Waals surface area (Å²) in [6.45, 7) is 0. The van der Waals surface area contributed by atoms with E-state index in [1.54, 1.807) is 0 Å². The highest BCUT2D eigenvalue weighted by atomic mass is 19.1. The van der Waals surface area contributed by atoms with Gasteiger partial charge in [0.15, 0.2) is 0 Å². The molecule has 0 aliphatic rings. The number of carboxylic acid groups (broad SMARTS) is 1. The maximum absolute atomic E-state index is 9.50. The Hall–Kier alpha value is -0.800. The average molecular weight is 110 g/mol. The zero-order chi connectivity index (χ0) is 6.28. The number of methoxy groups -OCH3 is 1. The Bertz CT molecular complexity index is 45.4. The van der Waals surface area contributed by atoms with Gasteiger partial charge in [0.05, 0.1) is 14.3 Å². The van der Waals surface area contributed by atoms with Crippen molar-refractivity contribution in [3.05, 3.63) is 0 Å². The van der Waals surface area contributed by atoms with Gasteiger partial charge in [0.2, 0.25) is 0 Å². The van der Waals surface area contributed by atoms with Gasteiger partial charge in [-0.3, -0.25) is 4.39 Å². The fourth-order valence-corrected chi connectivity index (χ4v) is 0.